The van der Waals surface area contributed by atoms with Gasteiger partial charge in [0.05, 0.1) is 5.02 Å². The standard InChI is InChI=1S/C16H17ClFNO/c1-3-19-11(2)12-4-6-13(7-5-12)20-14-8-9-16(18)15(17)10-14/h4-11,19H,3H2,1-2H3. The third-order valence-corrected chi connectivity index (χ3v) is 3.31. The van der Waals surface area contributed by atoms with E-state index < -0.39 is 5.82 Å². The molecule has 0 heterocycles. The quantitative estimate of drug-likeness (QED) is 0.843. The fourth-order valence-electron chi connectivity index (χ4n) is 1.93. The van der Waals surface area contributed by atoms with E-state index >= 15 is 0 Å². The number of halogens is 2. The normalized spacial score (nSPS) is 12.2. The fraction of sp³-hybridized carbons (Fsp3) is 0.250. The summed E-state index contributed by atoms with van der Waals surface area (Å²) < 4.78 is 18.7. The number of nitrogens with one attached hydrogen (secondary N) is 1. The summed E-state index contributed by atoms with van der Waals surface area (Å²) in [6, 6.07) is 12.4. The second-order valence-electron chi connectivity index (χ2n) is 4.53. The summed E-state index contributed by atoms with van der Waals surface area (Å²) >= 11 is 5.72. The maximum Gasteiger partial charge on any atom is 0.142 e. The SMILES string of the molecule is CCNC(C)c1ccc(Oc2ccc(F)c(Cl)c2)cc1. The molecule has 106 valence electrons. The Labute approximate surface area is 123 Å². The van der Waals surface area contributed by atoms with Crippen molar-refractivity contribution in [1.82, 2.24) is 5.32 Å². The fourth-order valence-corrected chi connectivity index (χ4v) is 2.10. The van der Waals surface area contributed by atoms with Gasteiger partial charge in [0.1, 0.15) is 17.3 Å². The molecule has 0 bridgehead atoms. The van der Waals surface area contributed by atoms with Crippen molar-refractivity contribution < 1.29 is 9.13 Å². The second-order valence-corrected chi connectivity index (χ2v) is 4.93. The summed E-state index contributed by atoms with van der Waals surface area (Å²) in [6.45, 7) is 5.11. The third-order valence-electron chi connectivity index (χ3n) is 3.02. The van der Waals surface area contributed by atoms with E-state index in [1.54, 1.807) is 6.07 Å². The Balaban J connectivity index is 2.08. The predicted molar refractivity (Wildman–Crippen MR) is 80.0 cm³/mol. The van der Waals surface area contributed by atoms with Crippen LogP contribution in [0.15, 0.2) is 42.5 Å². The molecule has 2 aromatic carbocycles. The monoisotopic (exact) mass is 293 g/mol. The van der Waals surface area contributed by atoms with Crippen LogP contribution in [0, 0.1) is 5.82 Å². The zero-order valence-corrected chi connectivity index (χ0v) is 12.2. The van der Waals surface area contributed by atoms with Crippen molar-refractivity contribution in [2.24, 2.45) is 0 Å². The predicted octanol–water partition coefficient (Wildman–Crippen LogP) is 4.94. The summed E-state index contributed by atoms with van der Waals surface area (Å²) in [5.74, 6) is 0.762. The van der Waals surface area contributed by atoms with Crippen LogP contribution in [0.25, 0.3) is 0 Å². The molecule has 0 aromatic heterocycles. The Morgan fingerprint density at radius 3 is 2.40 bits per heavy atom. The number of hydrogen-bond donors (Lipinski definition) is 1. The molecule has 0 saturated heterocycles. The smallest absolute Gasteiger partial charge is 0.142 e. The summed E-state index contributed by atoms with van der Waals surface area (Å²) in [4.78, 5) is 0. The van der Waals surface area contributed by atoms with E-state index in [9.17, 15) is 4.39 Å². The maximum atomic E-state index is 13.1. The molecule has 1 atom stereocenters. The van der Waals surface area contributed by atoms with Crippen LogP contribution in [0.5, 0.6) is 11.5 Å². The van der Waals surface area contributed by atoms with E-state index in [0.29, 0.717) is 17.5 Å². The topological polar surface area (TPSA) is 21.3 Å². The number of hydrogen-bond acceptors (Lipinski definition) is 2. The zero-order valence-electron chi connectivity index (χ0n) is 11.5. The van der Waals surface area contributed by atoms with E-state index in [4.69, 9.17) is 16.3 Å². The van der Waals surface area contributed by atoms with Crippen molar-refractivity contribution in [1.29, 1.82) is 0 Å². The summed E-state index contributed by atoms with van der Waals surface area (Å²) in [5, 5.41) is 3.40. The number of benzene rings is 2. The van der Waals surface area contributed by atoms with Gasteiger partial charge in [0.25, 0.3) is 0 Å². The van der Waals surface area contributed by atoms with Crippen LogP contribution in [0.4, 0.5) is 4.39 Å². The van der Waals surface area contributed by atoms with Crippen LogP contribution < -0.4 is 10.1 Å². The Hall–Kier alpha value is -1.58. The highest BCUT2D eigenvalue weighted by Crippen LogP contribution is 2.27. The Kier molecular flexibility index (Phi) is 4.99. The van der Waals surface area contributed by atoms with Crippen LogP contribution in [0.3, 0.4) is 0 Å². The van der Waals surface area contributed by atoms with Gasteiger partial charge >= 0.3 is 0 Å². The average molecular weight is 294 g/mol. The zero-order chi connectivity index (χ0) is 14.5. The number of rotatable bonds is 5. The molecular weight excluding hydrogens is 277 g/mol. The van der Waals surface area contributed by atoms with Gasteiger partial charge < -0.3 is 10.1 Å². The van der Waals surface area contributed by atoms with Crippen molar-refractivity contribution >= 4 is 11.6 Å². The minimum Gasteiger partial charge on any atom is -0.457 e. The lowest BCUT2D eigenvalue weighted by atomic mass is 10.1. The van der Waals surface area contributed by atoms with Crippen LogP contribution in [-0.4, -0.2) is 6.54 Å². The van der Waals surface area contributed by atoms with Crippen molar-refractivity contribution in [3.63, 3.8) is 0 Å². The van der Waals surface area contributed by atoms with E-state index in [1.807, 2.05) is 24.3 Å². The van der Waals surface area contributed by atoms with E-state index in [0.717, 1.165) is 6.54 Å². The van der Waals surface area contributed by atoms with Crippen molar-refractivity contribution in [2.45, 2.75) is 19.9 Å². The van der Waals surface area contributed by atoms with E-state index in [1.165, 1.54) is 17.7 Å². The first-order chi connectivity index (χ1) is 9.60. The summed E-state index contributed by atoms with van der Waals surface area (Å²) in [6.07, 6.45) is 0. The lowest BCUT2D eigenvalue weighted by Gasteiger charge is -2.13. The van der Waals surface area contributed by atoms with Gasteiger partial charge in [-0.05, 0) is 43.3 Å². The van der Waals surface area contributed by atoms with Gasteiger partial charge in [-0.3, -0.25) is 0 Å². The lowest BCUT2D eigenvalue weighted by molar-refractivity contribution is 0.480. The van der Waals surface area contributed by atoms with Crippen molar-refractivity contribution in [3.8, 4) is 11.5 Å². The van der Waals surface area contributed by atoms with Gasteiger partial charge in [0.15, 0.2) is 0 Å². The molecule has 2 rings (SSSR count). The molecule has 2 nitrogen and oxygen atoms in total. The molecule has 0 aliphatic carbocycles. The maximum absolute atomic E-state index is 13.1. The molecule has 4 heteroatoms. The van der Waals surface area contributed by atoms with E-state index in [-0.39, 0.29) is 5.02 Å². The second kappa shape index (κ2) is 6.73. The van der Waals surface area contributed by atoms with Crippen molar-refractivity contribution in [2.75, 3.05) is 6.54 Å². The minimum absolute atomic E-state index is 0.0555. The lowest BCUT2D eigenvalue weighted by Crippen LogP contribution is -2.17. The molecule has 0 aliphatic rings. The molecule has 1 unspecified atom stereocenters. The molecule has 0 saturated carbocycles. The molecule has 0 aliphatic heterocycles. The van der Waals surface area contributed by atoms with Gasteiger partial charge in [0.2, 0.25) is 0 Å². The first kappa shape index (κ1) is 14.8. The average Bonchev–Trinajstić information content (AvgIpc) is 2.44. The van der Waals surface area contributed by atoms with Gasteiger partial charge in [0, 0.05) is 12.1 Å². The van der Waals surface area contributed by atoms with Crippen molar-refractivity contribution in [3.05, 3.63) is 58.9 Å². The minimum atomic E-state index is -0.450. The highest BCUT2D eigenvalue weighted by Gasteiger charge is 2.05. The first-order valence-corrected chi connectivity index (χ1v) is 6.94. The van der Waals surface area contributed by atoms with Crippen LogP contribution in [-0.2, 0) is 0 Å². The van der Waals surface area contributed by atoms with Gasteiger partial charge in [-0.2, -0.15) is 0 Å². The molecule has 0 radical (unpaired) electrons. The van der Waals surface area contributed by atoms with Gasteiger partial charge in [-0.25, -0.2) is 4.39 Å². The van der Waals surface area contributed by atoms with Crippen LogP contribution in [0.2, 0.25) is 5.02 Å². The molecule has 20 heavy (non-hydrogen) atoms. The first-order valence-electron chi connectivity index (χ1n) is 6.56. The Morgan fingerprint density at radius 1 is 1.15 bits per heavy atom. The summed E-state index contributed by atoms with van der Waals surface area (Å²) in [5.41, 5.74) is 1.19. The molecule has 0 spiro atoms. The van der Waals surface area contributed by atoms with E-state index in [2.05, 4.69) is 19.2 Å². The highest BCUT2D eigenvalue weighted by atomic mass is 35.5. The molecular formula is C16H17ClFNO. The molecule has 1 N–H and O–H groups in total. The number of ether oxygens (including phenoxy) is 1. The highest BCUT2D eigenvalue weighted by molar-refractivity contribution is 6.30. The molecule has 2 aromatic rings. The summed E-state index contributed by atoms with van der Waals surface area (Å²) in [7, 11) is 0. The van der Waals surface area contributed by atoms with Gasteiger partial charge in [-0.1, -0.05) is 30.7 Å². The Bertz CT molecular complexity index is 571. The molecule has 0 amide bonds. The van der Waals surface area contributed by atoms with Gasteiger partial charge in [-0.15, -0.1) is 0 Å². The largest absolute Gasteiger partial charge is 0.457 e. The Morgan fingerprint density at radius 2 is 1.80 bits per heavy atom. The third kappa shape index (κ3) is 3.71. The van der Waals surface area contributed by atoms with Crippen LogP contribution in [0.1, 0.15) is 25.5 Å². The van der Waals surface area contributed by atoms with Crippen LogP contribution >= 0.6 is 11.6 Å². The molecule has 0 fully saturated rings.